The third-order valence-electron chi connectivity index (χ3n) is 4.43. The van der Waals surface area contributed by atoms with Crippen molar-refractivity contribution in [3.63, 3.8) is 0 Å². The molecule has 9 nitrogen and oxygen atoms in total. The Bertz CT molecular complexity index is 1230. The molecule has 2 N–H and O–H groups in total. The minimum Gasteiger partial charge on any atom is -0.493 e. The summed E-state index contributed by atoms with van der Waals surface area (Å²) in [7, 11) is -3.87. The van der Waals surface area contributed by atoms with E-state index >= 15 is 0 Å². The van der Waals surface area contributed by atoms with Crippen molar-refractivity contribution in [3.05, 3.63) is 48.3 Å². The van der Waals surface area contributed by atoms with Crippen molar-refractivity contribution >= 4 is 34.0 Å². The molecule has 0 saturated heterocycles. The molecular formula is C19H22N3O6PS. The van der Waals surface area contributed by atoms with E-state index in [0.29, 0.717) is 27.3 Å². The highest BCUT2D eigenvalue weighted by molar-refractivity contribution is 7.93. The van der Waals surface area contributed by atoms with E-state index in [1.807, 2.05) is 0 Å². The maximum Gasteiger partial charge on any atom is 0.325 e. The Hall–Kier alpha value is -2.52. The van der Waals surface area contributed by atoms with E-state index in [4.69, 9.17) is 19.3 Å². The molecule has 0 fully saturated rings. The van der Waals surface area contributed by atoms with Gasteiger partial charge in [-0.15, -0.1) is 0 Å². The number of nitrogens with zero attached hydrogens (tertiary/aromatic N) is 3. The summed E-state index contributed by atoms with van der Waals surface area (Å²) in [6.07, 6.45) is 2.83. The number of aromatic nitrogens is 2. The Labute approximate surface area is 174 Å². The maximum absolute atomic E-state index is 13.3. The third kappa shape index (κ3) is 5.14. The molecule has 0 radical (unpaired) electrons. The Morgan fingerprint density at radius 2 is 1.70 bits per heavy atom. The molecule has 1 unspecified atom stereocenters. The Balaban J connectivity index is 2.00. The monoisotopic (exact) mass is 451 g/mol. The number of rotatable bonds is 7. The summed E-state index contributed by atoms with van der Waals surface area (Å²) in [5.41, 5.74) is 1.31. The van der Waals surface area contributed by atoms with Gasteiger partial charge in [0.15, 0.2) is 17.3 Å². The molecule has 11 heteroatoms. The zero-order chi connectivity index (χ0) is 21.9. The molecule has 0 amide bonds. The van der Waals surface area contributed by atoms with Crippen LogP contribution < -0.4 is 9.47 Å². The maximum atomic E-state index is 13.3. The third-order valence-corrected chi connectivity index (χ3v) is 6.91. The van der Waals surface area contributed by atoms with Gasteiger partial charge in [-0.05, 0) is 30.2 Å². The molecule has 0 aliphatic heterocycles. The average molecular weight is 451 g/mol. The minimum atomic E-state index is -4.07. The molecule has 0 bridgehead atoms. The molecule has 30 heavy (non-hydrogen) atoms. The molecule has 2 aromatic carbocycles. The standard InChI is InChI=1S/C19H22N3O6PS/c1-27-17-10-15-16(11-18(17)28-2)20-12-21-19(15)22-30(3,26)14-6-4-13(5-7-14)8-9-29(23,24)25/h4-7,10-12H,8-9H2,1-3H3,(H2,23,24,25). The van der Waals surface area contributed by atoms with Crippen LogP contribution in [-0.4, -0.2) is 50.6 Å². The van der Waals surface area contributed by atoms with Crippen molar-refractivity contribution in [3.8, 4) is 11.5 Å². The van der Waals surface area contributed by atoms with Crippen LogP contribution in [0.1, 0.15) is 5.56 Å². The highest BCUT2D eigenvalue weighted by Gasteiger charge is 2.15. The van der Waals surface area contributed by atoms with Crippen molar-refractivity contribution in [2.75, 3.05) is 26.6 Å². The van der Waals surface area contributed by atoms with Crippen molar-refractivity contribution in [2.24, 2.45) is 4.36 Å². The zero-order valence-electron chi connectivity index (χ0n) is 16.7. The van der Waals surface area contributed by atoms with Crippen LogP contribution in [0.2, 0.25) is 0 Å². The predicted molar refractivity (Wildman–Crippen MR) is 114 cm³/mol. The summed E-state index contributed by atoms with van der Waals surface area (Å²) in [4.78, 5) is 26.9. The number of hydrogen-bond donors (Lipinski definition) is 2. The van der Waals surface area contributed by atoms with Gasteiger partial charge < -0.3 is 19.3 Å². The van der Waals surface area contributed by atoms with Crippen LogP contribution in [0.15, 0.2) is 52.0 Å². The van der Waals surface area contributed by atoms with Gasteiger partial charge in [0.05, 0.1) is 35.6 Å². The van der Waals surface area contributed by atoms with Gasteiger partial charge in [-0.25, -0.2) is 14.2 Å². The van der Waals surface area contributed by atoms with Crippen LogP contribution in [0.5, 0.6) is 11.5 Å². The van der Waals surface area contributed by atoms with Gasteiger partial charge >= 0.3 is 7.60 Å². The highest BCUT2D eigenvalue weighted by Crippen LogP contribution is 2.36. The summed E-state index contributed by atoms with van der Waals surface area (Å²) in [6, 6.07) is 10.1. The van der Waals surface area contributed by atoms with Crippen LogP contribution in [0.3, 0.4) is 0 Å². The molecular weight excluding hydrogens is 429 g/mol. The number of methoxy groups -OCH3 is 2. The van der Waals surface area contributed by atoms with E-state index < -0.39 is 17.3 Å². The van der Waals surface area contributed by atoms with Gasteiger partial charge in [0, 0.05) is 22.6 Å². The van der Waals surface area contributed by atoms with Crippen molar-refractivity contribution in [1.82, 2.24) is 9.97 Å². The van der Waals surface area contributed by atoms with E-state index in [9.17, 15) is 8.77 Å². The van der Waals surface area contributed by atoms with Crippen LogP contribution in [-0.2, 0) is 20.7 Å². The van der Waals surface area contributed by atoms with Gasteiger partial charge in [0.2, 0.25) is 0 Å². The second-order valence-corrected chi connectivity index (χ2v) is 10.6. The molecule has 3 rings (SSSR count). The SMILES string of the molecule is COc1cc2ncnc(N=S(C)(=O)c3ccc(CCP(=O)(O)O)cc3)c2cc1OC. The number of fused-ring (bicyclic) bond motifs is 1. The summed E-state index contributed by atoms with van der Waals surface area (Å²) in [5, 5.41) is 0.572. The number of benzene rings is 2. The van der Waals surface area contributed by atoms with E-state index in [1.165, 1.54) is 26.8 Å². The first-order valence-electron chi connectivity index (χ1n) is 8.85. The van der Waals surface area contributed by atoms with Gasteiger partial charge in [-0.1, -0.05) is 12.1 Å². The summed E-state index contributed by atoms with van der Waals surface area (Å²) < 4.78 is 39.3. The highest BCUT2D eigenvalue weighted by atomic mass is 32.2. The minimum absolute atomic E-state index is 0.227. The summed E-state index contributed by atoms with van der Waals surface area (Å²) in [6.45, 7) is 0. The van der Waals surface area contributed by atoms with Crippen molar-refractivity contribution < 1.29 is 28.0 Å². The molecule has 0 spiro atoms. The van der Waals surface area contributed by atoms with E-state index in [1.54, 1.807) is 36.4 Å². The second-order valence-electron chi connectivity index (χ2n) is 6.60. The fourth-order valence-corrected chi connectivity index (χ4v) is 4.61. The normalized spacial score (nSPS) is 13.6. The lowest BCUT2D eigenvalue weighted by Gasteiger charge is -2.10. The molecule has 1 aromatic heterocycles. The van der Waals surface area contributed by atoms with E-state index in [2.05, 4.69) is 14.3 Å². The first-order valence-corrected chi connectivity index (χ1v) is 12.6. The molecule has 0 aliphatic rings. The van der Waals surface area contributed by atoms with Crippen LogP contribution in [0.4, 0.5) is 5.82 Å². The lowest BCUT2D eigenvalue weighted by atomic mass is 10.2. The molecule has 0 saturated carbocycles. The summed E-state index contributed by atoms with van der Waals surface area (Å²) >= 11 is 0. The fourth-order valence-electron chi connectivity index (χ4n) is 2.84. The molecule has 1 atom stereocenters. The zero-order valence-corrected chi connectivity index (χ0v) is 18.4. The largest absolute Gasteiger partial charge is 0.493 e. The molecule has 0 aliphatic carbocycles. The number of hydrogen-bond acceptors (Lipinski definition) is 7. The predicted octanol–water partition coefficient (Wildman–Crippen LogP) is 3.16. The lowest BCUT2D eigenvalue weighted by molar-refractivity contribution is 0.356. The Morgan fingerprint density at radius 3 is 2.30 bits per heavy atom. The van der Waals surface area contributed by atoms with Gasteiger partial charge in [-0.2, -0.15) is 4.36 Å². The Kier molecular flexibility index (Phi) is 6.42. The quantitative estimate of drug-likeness (QED) is 0.524. The van der Waals surface area contributed by atoms with E-state index in [0.717, 1.165) is 5.56 Å². The van der Waals surface area contributed by atoms with Crippen LogP contribution >= 0.6 is 7.60 Å². The van der Waals surface area contributed by atoms with Crippen molar-refractivity contribution in [1.29, 1.82) is 0 Å². The van der Waals surface area contributed by atoms with Gasteiger partial charge in [0.25, 0.3) is 0 Å². The topological polar surface area (TPSA) is 131 Å². The second kappa shape index (κ2) is 8.69. The fraction of sp³-hybridized carbons (Fsp3) is 0.263. The molecule has 3 aromatic rings. The first kappa shape index (κ1) is 22.2. The summed E-state index contributed by atoms with van der Waals surface area (Å²) in [5.74, 6) is 1.25. The average Bonchev–Trinajstić information content (AvgIpc) is 2.71. The smallest absolute Gasteiger partial charge is 0.325 e. The molecule has 1 heterocycles. The Morgan fingerprint density at radius 1 is 1.07 bits per heavy atom. The van der Waals surface area contributed by atoms with Crippen molar-refractivity contribution in [2.45, 2.75) is 11.3 Å². The van der Waals surface area contributed by atoms with Crippen LogP contribution in [0.25, 0.3) is 10.9 Å². The van der Waals surface area contributed by atoms with Gasteiger partial charge in [-0.3, -0.25) is 4.57 Å². The molecule has 160 valence electrons. The van der Waals surface area contributed by atoms with Crippen LogP contribution in [0, 0.1) is 0 Å². The van der Waals surface area contributed by atoms with Gasteiger partial charge in [0.1, 0.15) is 6.33 Å². The number of aryl methyl sites for hydroxylation is 1. The van der Waals surface area contributed by atoms with E-state index in [-0.39, 0.29) is 18.4 Å². The first-order chi connectivity index (χ1) is 14.1. The lowest BCUT2D eigenvalue weighted by Crippen LogP contribution is -1.99. The number of ether oxygens (including phenoxy) is 2.